The number of methoxy groups -OCH3 is 2. The first-order valence-electron chi connectivity index (χ1n) is 9.56. The van der Waals surface area contributed by atoms with Gasteiger partial charge in [0.25, 0.3) is 0 Å². The van der Waals surface area contributed by atoms with Crippen LogP contribution in [0.15, 0.2) is 66.7 Å². The van der Waals surface area contributed by atoms with Crippen molar-refractivity contribution in [1.82, 2.24) is 5.32 Å². The van der Waals surface area contributed by atoms with Crippen molar-refractivity contribution < 1.29 is 14.2 Å². The van der Waals surface area contributed by atoms with Gasteiger partial charge in [-0.3, -0.25) is 0 Å². The van der Waals surface area contributed by atoms with E-state index in [0.717, 1.165) is 41.3 Å². The second-order valence-electron chi connectivity index (χ2n) is 6.64. The number of benzene rings is 3. The molecule has 152 valence electrons. The van der Waals surface area contributed by atoms with Gasteiger partial charge in [-0.1, -0.05) is 48.0 Å². The van der Waals surface area contributed by atoms with Gasteiger partial charge in [0.1, 0.15) is 12.4 Å². The van der Waals surface area contributed by atoms with Crippen LogP contribution in [0.2, 0.25) is 5.02 Å². The van der Waals surface area contributed by atoms with Gasteiger partial charge < -0.3 is 19.5 Å². The Bertz CT molecular complexity index is 915. The van der Waals surface area contributed by atoms with E-state index in [9.17, 15) is 0 Å². The summed E-state index contributed by atoms with van der Waals surface area (Å²) in [5, 5.41) is 4.17. The molecule has 0 bridgehead atoms. The molecular weight excluding hydrogens is 386 g/mol. The second-order valence-corrected chi connectivity index (χ2v) is 7.08. The highest BCUT2D eigenvalue weighted by molar-refractivity contribution is 6.30. The third-order valence-electron chi connectivity index (χ3n) is 4.61. The summed E-state index contributed by atoms with van der Waals surface area (Å²) in [4.78, 5) is 0. The van der Waals surface area contributed by atoms with E-state index in [1.807, 2.05) is 48.5 Å². The lowest BCUT2D eigenvalue weighted by Gasteiger charge is -2.13. The van der Waals surface area contributed by atoms with Gasteiger partial charge in [-0.15, -0.1) is 0 Å². The van der Waals surface area contributed by atoms with Crippen LogP contribution >= 0.6 is 11.6 Å². The topological polar surface area (TPSA) is 39.7 Å². The lowest BCUT2D eigenvalue weighted by molar-refractivity contribution is 0.302. The van der Waals surface area contributed by atoms with Crippen LogP contribution in [-0.2, 0) is 19.6 Å². The fourth-order valence-electron chi connectivity index (χ4n) is 3.05. The first kappa shape index (κ1) is 21.0. The van der Waals surface area contributed by atoms with E-state index in [1.54, 1.807) is 14.2 Å². The second kappa shape index (κ2) is 10.7. The maximum Gasteiger partial charge on any atom is 0.160 e. The van der Waals surface area contributed by atoms with Gasteiger partial charge in [0.2, 0.25) is 0 Å². The summed E-state index contributed by atoms with van der Waals surface area (Å²) >= 11 is 6.20. The molecule has 0 aliphatic carbocycles. The van der Waals surface area contributed by atoms with Crippen molar-refractivity contribution in [2.75, 3.05) is 20.8 Å². The summed E-state index contributed by atoms with van der Waals surface area (Å²) in [6.07, 6.45) is 0.876. The highest BCUT2D eigenvalue weighted by atomic mass is 35.5. The minimum atomic E-state index is 0.529. The zero-order valence-electron chi connectivity index (χ0n) is 16.8. The van der Waals surface area contributed by atoms with Crippen LogP contribution in [0.3, 0.4) is 0 Å². The monoisotopic (exact) mass is 411 g/mol. The van der Waals surface area contributed by atoms with Gasteiger partial charge in [0.15, 0.2) is 11.5 Å². The normalized spacial score (nSPS) is 10.6. The van der Waals surface area contributed by atoms with Gasteiger partial charge >= 0.3 is 0 Å². The molecule has 0 atom stereocenters. The summed E-state index contributed by atoms with van der Waals surface area (Å²) in [6.45, 7) is 2.03. The molecule has 29 heavy (non-hydrogen) atoms. The molecule has 0 saturated carbocycles. The number of rotatable bonds is 10. The summed E-state index contributed by atoms with van der Waals surface area (Å²) in [5.74, 6) is 2.33. The average molecular weight is 412 g/mol. The maximum absolute atomic E-state index is 6.20. The molecule has 5 heteroatoms. The lowest BCUT2D eigenvalue weighted by Crippen LogP contribution is -2.17. The molecule has 0 fully saturated rings. The zero-order chi connectivity index (χ0) is 20.5. The Balaban J connectivity index is 1.55. The molecule has 3 rings (SSSR count). The molecule has 0 aliphatic heterocycles. The Morgan fingerprint density at radius 2 is 1.55 bits per heavy atom. The number of hydrogen-bond donors (Lipinski definition) is 1. The molecule has 0 saturated heterocycles. The van der Waals surface area contributed by atoms with E-state index in [0.29, 0.717) is 18.2 Å². The Hall–Kier alpha value is -2.69. The first-order valence-corrected chi connectivity index (χ1v) is 9.94. The molecule has 4 nitrogen and oxygen atoms in total. The van der Waals surface area contributed by atoms with E-state index < -0.39 is 0 Å². The van der Waals surface area contributed by atoms with Gasteiger partial charge in [0.05, 0.1) is 14.2 Å². The Labute approximate surface area is 177 Å². The molecule has 0 spiro atoms. The minimum absolute atomic E-state index is 0.529. The van der Waals surface area contributed by atoms with Crippen LogP contribution in [0.25, 0.3) is 0 Å². The average Bonchev–Trinajstić information content (AvgIpc) is 2.76. The van der Waals surface area contributed by atoms with Crippen LogP contribution in [-0.4, -0.2) is 20.8 Å². The Morgan fingerprint density at radius 3 is 2.31 bits per heavy atom. The molecule has 1 N–H and O–H groups in total. The van der Waals surface area contributed by atoms with E-state index in [4.69, 9.17) is 25.8 Å². The van der Waals surface area contributed by atoms with Gasteiger partial charge in [-0.05, 0) is 54.4 Å². The van der Waals surface area contributed by atoms with Crippen molar-refractivity contribution in [3.05, 3.63) is 88.4 Å². The molecular formula is C24H26ClNO3. The molecule has 0 amide bonds. The molecule has 3 aromatic rings. The standard InChI is InChI=1S/C24H26ClNO3/c1-27-23-10-8-18(14-24(23)28-2)12-13-26-16-20-15-21(25)9-11-22(20)29-17-19-6-4-3-5-7-19/h3-11,14-15,26H,12-13,16-17H2,1-2H3. The molecule has 0 aromatic heterocycles. The smallest absolute Gasteiger partial charge is 0.160 e. The predicted octanol–water partition coefficient (Wildman–Crippen LogP) is 5.27. The van der Waals surface area contributed by atoms with Gasteiger partial charge in [0, 0.05) is 17.1 Å². The first-order chi connectivity index (χ1) is 14.2. The van der Waals surface area contributed by atoms with Crippen LogP contribution in [0.5, 0.6) is 17.2 Å². The van der Waals surface area contributed by atoms with Crippen molar-refractivity contribution in [3.63, 3.8) is 0 Å². The number of nitrogens with one attached hydrogen (secondary N) is 1. The third kappa shape index (κ3) is 6.14. The van der Waals surface area contributed by atoms with Crippen LogP contribution in [0.1, 0.15) is 16.7 Å². The van der Waals surface area contributed by atoms with Crippen molar-refractivity contribution in [2.24, 2.45) is 0 Å². The van der Waals surface area contributed by atoms with Crippen molar-refractivity contribution in [3.8, 4) is 17.2 Å². The SMILES string of the molecule is COc1ccc(CCNCc2cc(Cl)ccc2OCc2ccccc2)cc1OC. The third-order valence-corrected chi connectivity index (χ3v) is 4.85. The van der Waals surface area contributed by atoms with Crippen LogP contribution in [0.4, 0.5) is 0 Å². The summed E-state index contributed by atoms with van der Waals surface area (Å²) in [7, 11) is 3.29. The lowest BCUT2D eigenvalue weighted by atomic mass is 10.1. The Morgan fingerprint density at radius 1 is 0.793 bits per heavy atom. The fraction of sp³-hybridized carbons (Fsp3) is 0.250. The molecule has 3 aromatic carbocycles. The molecule has 0 aliphatic rings. The largest absolute Gasteiger partial charge is 0.493 e. The number of ether oxygens (including phenoxy) is 3. The summed E-state index contributed by atoms with van der Waals surface area (Å²) < 4.78 is 16.7. The fourth-order valence-corrected chi connectivity index (χ4v) is 3.25. The summed E-state index contributed by atoms with van der Waals surface area (Å²) in [5.41, 5.74) is 3.36. The van der Waals surface area contributed by atoms with E-state index in [-0.39, 0.29) is 0 Å². The molecule has 0 unspecified atom stereocenters. The minimum Gasteiger partial charge on any atom is -0.493 e. The number of hydrogen-bond acceptors (Lipinski definition) is 4. The highest BCUT2D eigenvalue weighted by Gasteiger charge is 2.07. The van der Waals surface area contributed by atoms with Gasteiger partial charge in [-0.2, -0.15) is 0 Å². The van der Waals surface area contributed by atoms with Crippen LogP contribution in [0, 0.1) is 0 Å². The predicted molar refractivity (Wildman–Crippen MR) is 117 cm³/mol. The van der Waals surface area contributed by atoms with Gasteiger partial charge in [-0.25, -0.2) is 0 Å². The quantitative estimate of drug-likeness (QED) is 0.461. The Kier molecular flexibility index (Phi) is 7.79. The zero-order valence-corrected chi connectivity index (χ0v) is 17.5. The van der Waals surface area contributed by atoms with E-state index in [1.165, 1.54) is 5.56 Å². The van der Waals surface area contributed by atoms with Crippen molar-refractivity contribution >= 4 is 11.6 Å². The number of halogens is 1. The van der Waals surface area contributed by atoms with Crippen molar-refractivity contribution in [2.45, 2.75) is 19.6 Å². The summed E-state index contributed by atoms with van der Waals surface area (Å²) in [6, 6.07) is 21.9. The maximum atomic E-state index is 6.20. The molecule has 0 radical (unpaired) electrons. The highest BCUT2D eigenvalue weighted by Crippen LogP contribution is 2.28. The van der Waals surface area contributed by atoms with E-state index in [2.05, 4.69) is 23.5 Å². The van der Waals surface area contributed by atoms with E-state index >= 15 is 0 Å². The molecule has 0 heterocycles. The van der Waals surface area contributed by atoms with Crippen LogP contribution < -0.4 is 19.5 Å². The van der Waals surface area contributed by atoms with Crippen molar-refractivity contribution in [1.29, 1.82) is 0 Å².